The predicted octanol–water partition coefficient (Wildman–Crippen LogP) is 3.38. The minimum Gasteiger partial charge on any atom is -0.376 e. The van der Waals surface area contributed by atoms with Crippen molar-refractivity contribution in [1.82, 2.24) is 39.7 Å². The van der Waals surface area contributed by atoms with Gasteiger partial charge < -0.3 is 35.5 Å². The summed E-state index contributed by atoms with van der Waals surface area (Å²) in [5, 5.41) is 49.3. The first-order valence-corrected chi connectivity index (χ1v) is 13.8. The van der Waals surface area contributed by atoms with Gasteiger partial charge in [-0.2, -0.15) is 20.2 Å². The highest BCUT2D eigenvalue weighted by Crippen LogP contribution is 2.37. The Balaban J connectivity index is 1.58. The van der Waals surface area contributed by atoms with Gasteiger partial charge in [0, 0.05) is 18.7 Å². The van der Waals surface area contributed by atoms with Crippen LogP contribution in [0.15, 0.2) is 41.1 Å². The molecule has 17 nitrogen and oxygen atoms in total. The molecular formula is C28H30N14O3. The molecule has 0 bridgehead atoms. The Morgan fingerprint density at radius 1 is 1.13 bits per heavy atom. The number of H-pyrrole nitrogens is 1. The first-order chi connectivity index (χ1) is 21.8. The van der Waals surface area contributed by atoms with Gasteiger partial charge in [0.25, 0.3) is 0 Å². The molecule has 4 heterocycles. The fourth-order valence-corrected chi connectivity index (χ4v) is 4.58. The number of imidazole rings is 1. The molecule has 0 spiro atoms. The number of benzene rings is 1. The second-order valence-electron chi connectivity index (χ2n) is 9.97. The SMILES string of the molecule is Cc1cc(C)c(Nc2nc(NCCCC=O)c(/N=N\c3nn(-c4nc5ncncc5[nH]4)cc3C#N)c(N(CO)CO)n2)c(C)c1. The number of carbonyl (C=O) groups is 1. The third-order valence-electron chi connectivity index (χ3n) is 6.64. The molecule has 17 heteroatoms. The zero-order chi connectivity index (χ0) is 31.9. The van der Waals surface area contributed by atoms with E-state index in [0.717, 1.165) is 33.6 Å². The number of anilines is 4. The Morgan fingerprint density at radius 3 is 2.60 bits per heavy atom. The van der Waals surface area contributed by atoms with E-state index in [1.165, 1.54) is 17.2 Å². The van der Waals surface area contributed by atoms with Crippen LogP contribution in [-0.4, -0.2) is 76.2 Å². The van der Waals surface area contributed by atoms with Crippen LogP contribution in [0.5, 0.6) is 0 Å². The number of hydrogen-bond acceptors (Lipinski definition) is 15. The quantitative estimate of drug-likeness (QED) is 0.0557. The Bertz CT molecular complexity index is 1850. The van der Waals surface area contributed by atoms with Crippen LogP contribution in [0.1, 0.15) is 35.1 Å². The van der Waals surface area contributed by atoms with E-state index in [2.05, 4.69) is 55.9 Å². The number of nitrogens with one attached hydrogen (secondary N) is 3. The van der Waals surface area contributed by atoms with E-state index in [1.807, 2.05) is 39.0 Å². The Hall–Kier alpha value is -5.86. The second-order valence-corrected chi connectivity index (χ2v) is 9.97. The number of nitrogens with zero attached hydrogens (tertiary/aromatic N) is 11. The Kier molecular flexibility index (Phi) is 9.26. The van der Waals surface area contributed by atoms with Gasteiger partial charge >= 0.3 is 0 Å². The van der Waals surface area contributed by atoms with Crippen LogP contribution in [0.4, 0.5) is 34.8 Å². The maximum atomic E-state index is 10.9. The van der Waals surface area contributed by atoms with Crippen molar-refractivity contribution in [2.45, 2.75) is 33.6 Å². The summed E-state index contributed by atoms with van der Waals surface area (Å²) in [5.74, 6) is 0.679. The minimum atomic E-state index is -0.602. The summed E-state index contributed by atoms with van der Waals surface area (Å²) < 4.78 is 1.33. The summed E-state index contributed by atoms with van der Waals surface area (Å²) in [6.45, 7) is 5.08. The molecule has 5 N–H and O–H groups in total. The maximum Gasteiger partial charge on any atom is 0.231 e. The van der Waals surface area contributed by atoms with Gasteiger partial charge in [-0.05, 0) is 38.3 Å². The molecule has 0 amide bonds. The van der Waals surface area contributed by atoms with E-state index in [-0.39, 0.29) is 40.6 Å². The van der Waals surface area contributed by atoms with Gasteiger partial charge in [0.15, 0.2) is 23.0 Å². The smallest absolute Gasteiger partial charge is 0.231 e. The van der Waals surface area contributed by atoms with E-state index in [0.29, 0.717) is 30.6 Å². The van der Waals surface area contributed by atoms with E-state index < -0.39 is 13.5 Å². The lowest BCUT2D eigenvalue weighted by atomic mass is 10.1. The van der Waals surface area contributed by atoms with E-state index in [9.17, 15) is 20.3 Å². The molecule has 0 aliphatic rings. The molecule has 45 heavy (non-hydrogen) atoms. The number of carbonyl (C=O) groups excluding carboxylic acids is 1. The van der Waals surface area contributed by atoms with Gasteiger partial charge in [0.2, 0.25) is 17.7 Å². The molecule has 0 unspecified atom stereocenters. The molecule has 0 atom stereocenters. The van der Waals surface area contributed by atoms with Gasteiger partial charge in [0.05, 0.1) is 12.4 Å². The van der Waals surface area contributed by atoms with Crippen molar-refractivity contribution in [2.24, 2.45) is 10.2 Å². The molecule has 4 aromatic heterocycles. The van der Waals surface area contributed by atoms with E-state index in [1.54, 1.807) is 6.20 Å². The number of aliphatic hydroxyl groups excluding tert-OH is 2. The monoisotopic (exact) mass is 610 g/mol. The average Bonchev–Trinajstić information content (AvgIpc) is 3.65. The highest BCUT2D eigenvalue weighted by molar-refractivity contribution is 5.77. The summed E-state index contributed by atoms with van der Waals surface area (Å²) in [4.78, 5) is 36.7. The summed E-state index contributed by atoms with van der Waals surface area (Å²) in [5.41, 5.74) is 5.00. The Labute approximate surface area is 256 Å². The summed E-state index contributed by atoms with van der Waals surface area (Å²) in [6.07, 6.45) is 6.01. The summed E-state index contributed by atoms with van der Waals surface area (Å²) in [6, 6.07) is 6.09. The van der Waals surface area contributed by atoms with E-state index >= 15 is 0 Å². The number of aldehydes is 1. The van der Waals surface area contributed by atoms with Crippen molar-refractivity contribution in [3.63, 3.8) is 0 Å². The van der Waals surface area contributed by atoms with Crippen LogP contribution in [0.3, 0.4) is 0 Å². The number of hydrogen-bond donors (Lipinski definition) is 5. The van der Waals surface area contributed by atoms with Crippen molar-refractivity contribution >= 4 is 52.2 Å². The molecule has 1 aromatic carbocycles. The third kappa shape index (κ3) is 6.71. The van der Waals surface area contributed by atoms with Crippen LogP contribution in [0, 0.1) is 32.1 Å². The number of aromatic amines is 1. The lowest BCUT2D eigenvalue weighted by Crippen LogP contribution is -2.27. The molecule has 0 saturated carbocycles. The number of rotatable bonds is 13. The predicted molar refractivity (Wildman–Crippen MR) is 164 cm³/mol. The van der Waals surface area contributed by atoms with Gasteiger partial charge in [0.1, 0.15) is 43.2 Å². The minimum absolute atomic E-state index is 0.0328. The molecular weight excluding hydrogens is 580 g/mol. The average molecular weight is 611 g/mol. The van der Waals surface area contributed by atoms with Crippen molar-refractivity contribution in [3.8, 4) is 12.0 Å². The van der Waals surface area contributed by atoms with Crippen molar-refractivity contribution in [3.05, 3.63) is 53.1 Å². The molecule has 5 rings (SSSR count). The maximum absolute atomic E-state index is 10.9. The lowest BCUT2D eigenvalue weighted by Gasteiger charge is -2.22. The molecule has 5 aromatic rings. The molecule has 0 fully saturated rings. The molecule has 0 aliphatic heterocycles. The highest BCUT2D eigenvalue weighted by Gasteiger charge is 2.21. The summed E-state index contributed by atoms with van der Waals surface area (Å²) >= 11 is 0. The molecule has 0 aliphatic carbocycles. The fourth-order valence-electron chi connectivity index (χ4n) is 4.58. The third-order valence-corrected chi connectivity index (χ3v) is 6.64. The van der Waals surface area contributed by atoms with Gasteiger partial charge in [-0.3, -0.25) is 0 Å². The molecule has 0 saturated heterocycles. The van der Waals surface area contributed by atoms with Crippen molar-refractivity contribution in [1.29, 1.82) is 5.26 Å². The topological polar surface area (TPSA) is 231 Å². The number of azo groups is 1. The summed E-state index contributed by atoms with van der Waals surface area (Å²) in [7, 11) is 0. The number of fused-ring (bicyclic) bond motifs is 1. The standard InChI is InChI=1S/C28H30N14O3/c1-16-8-17(2)21(18(3)9-16)34-27-35-25(31-6-4-5-7-43)22(26(37-27)41(14-44)15-45)38-39-23-19(10-29)12-42(40-23)28-33-20-11-30-13-32-24(20)36-28/h7-9,11-13,44-45H,4-6,14-15H2,1-3H3,(H,30,32,33,36)(H2,31,34,35,37)/b39-38-. The van der Waals surface area contributed by atoms with Gasteiger partial charge in [-0.1, -0.05) is 17.7 Å². The van der Waals surface area contributed by atoms with Crippen molar-refractivity contribution < 1.29 is 15.0 Å². The number of unbranched alkanes of at least 4 members (excludes halogenated alkanes) is 1. The number of nitriles is 1. The fraction of sp³-hybridized carbons (Fsp3) is 0.286. The highest BCUT2D eigenvalue weighted by atomic mass is 16.3. The number of aromatic nitrogens is 8. The molecule has 0 radical (unpaired) electrons. The van der Waals surface area contributed by atoms with Crippen LogP contribution >= 0.6 is 0 Å². The van der Waals surface area contributed by atoms with Crippen LogP contribution in [0.2, 0.25) is 0 Å². The first-order valence-electron chi connectivity index (χ1n) is 13.8. The molecule has 230 valence electrons. The normalized spacial score (nSPS) is 11.2. The zero-order valence-electron chi connectivity index (χ0n) is 24.7. The van der Waals surface area contributed by atoms with Gasteiger partial charge in [-0.25, -0.2) is 14.6 Å². The zero-order valence-corrected chi connectivity index (χ0v) is 24.7. The van der Waals surface area contributed by atoms with Crippen LogP contribution in [-0.2, 0) is 4.79 Å². The largest absolute Gasteiger partial charge is 0.376 e. The van der Waals surface area contributed by atoms with Crippen molar-refractivity contribution in [2.75, 3.05) is 35.5 Å². The number of aryl methyl sites for hydroxylation is 3. The Morgan fingerprint density at radius 2 is 1.91 bits per heavy atom. The van der Waals surface area contributed by atoms with Crippen LogP contribution in [0.25, 0.3) is 17.1 Å². The van der Waals surface area contributed by atoms with E-state index in [4.69, 9.17) is 0 Å². The second kappa shape index (κ2) is 13.6. The number of aliphatic hydroxyl groups is 2. The lowest BCUT2D eigenvalue weighted by molar-refractivity contribution is -0.107. The van der Waals surface area contributed by atoms with Crippen LogP contribution < -0.4 is 15.5 Å². The first kappa shape index (κ1) is 30.6. The van der Waals surface area contributed by atoms with Gasteiger partial charge in [-0.15, -0.1) is 15.3 Å².